The van der Waals surface area contributed by atoms with Crippen LogP contribution in [0, 0.1) is 12.8 Å². The molecule has 4 aromatic rings. The summed E-state index contributed by atoms with van der Waals surface area (Å²) < 4.78 is 41.2. The monoisotopic (exact) mass is 692 g/mol. The minimum atomic E-state index is -4.45. The Bertz CT molecular complexity index is 1830. The largest absolute Gasteiger partial charge is 0.478 e. The van der Waals surface area contributed by atoms with Gasteiger partial charge in [0.2, 0.25) is 0 Å². The highest BCUT2D eigenvalue weighted by atomic mass is 35.5. The number of fused-ring (bicyclic) bond motifs is 3. The standard InChI is InChI=1S/C21H23ClF3NO2.C19H21NO/c1-13-18(20(27)28)11-17(26(13)12-14-5-3-2-4-6-14)10-15-9-16(21(23,24)25)7-8-19(15)22;20-19-16(15-7-3-4-8-18(15)21)10-9-14-13-6-2-1-5-12(13)11-17(14)19/h7-9,11,14H,2-6,10,12H2,1H3,(H,27,28);1-2,5-6,9-10,15,18,21H,3-4,7-8,11,20H2/t;15-,18-/m.0/s1. The lowest BCUT2D eigenvalue weighted by atomic mass is 9.80. The zero-order valence-corrected chi connectivity index (χ0v) is 28.6. The van der Waals surface area contributed by atoms with Crippen molar-refractivity contribution in [2.45, 2.75) is 102 Å². The summed E-state index contributed by atoms with van der Waals surface area (Å²) in [7, 11) is 0. The lowest BCUT2D eigenvalue weighted by molar-refractivity contribution is -0.137. The molecule has 0 spiro atoms. The van der Waals surface area contributed by atoms with E-state index in [0.717, 1.165) is 74.8 Å². The molecule has 5 nitrogen and oxygen atoms in total. The molecule has 2 saturated carbocycles. The molecule has 260 valence electrons. The molecule has 3 aliphatic rings. The number of aliphatic hydroxyl groups excluding tert-OH is 1. The summed E-state index contributed by atoms with van der Waals surface area (Å²) in [6.45, 7) is 2.44. The van der Waals surface area contributed by atoms with Crippen LogP contribution in [0.5, 0.6) is 0 Å². The van der Waals surface area contributed by atoms with Crippen molar-refractivity contribution in [1.29, 1.82) is 0 Å². The Morgan fingerprint density at radius 2 is 1.65 bits per heavy atom. The minimum Gasteiger partial charge on any atom is -0.478 e. The summed E-state index contributed by atoms with van der Waals surface area (Å²) in [4.78, 5) is 11.6. The van der Waals surface area contributed by atoms with E-state index < -0.39 is 17.7 Å². The van der Waals surface area contributed by atoms with Gasteiger partial charge < -0.3 is 20.5 Å². The number of benzene rings is 3. The van der Waals surface area contributed by atoms with Crippen LogP contribution in [0.15, 0.2) is 60.7 Å². The van der Waals surface area contributed by atoms with E-state index in [4.69, 9.17) is 17.3 Å². The Balaban J connectivity index is 0.000000176. The Hall–Kier alpha value is -3.75. The first kappa shape index (κ1) is 35.1. The van der Waals surface area contributed by atoms with Crippen molar-refractivity contribution in [2.24, 2.45) is 5.92 Å². The molecule has 2 fully saturated rings. The van der Waals surface area contributed by atoms with Crippen molar-refractivity contribution in [3.63, 3.8) is 0 Å². The molecule has 0 radical (unpaired) electrons. The van der Waals surface area contributed by atoms with Crippen molar-refractivity contribution < 1.29 is 28.2 Å². The van der Waals surface area contributed by atoms with E-state index in [1.165, 1.54) is 41.2 Å². The quantitative estimate of drug-likeness (QED) is 0.155. The second kappa shape index (κ2) is 14.6. The van der Waals surface area contributed by atoms with Gasteiger partial charge in [-0.3, -0.25) is 0 Å². The number of carboxylic acid groups (broad SMARTS) is 1. The van der Waals surface area contributed by atoms with Crippen LogP contribution in [-0.2, 0) is 25.6 Å². The van der Waals surface area contributed by atoms with Crippen LogP contribution in [0.2, 0.25) is 5.02 Å². The number of hydrogen-bond acceptors (Lipinski definition) is 3. The highest BCUT2D eigenvalue weighted by molar-refractivity contribution is 6.31. The van der Waals surface area contributed by atoms with Crippen LogP contribution in [0.4, 0.5) is 18.9 Å². The molecule has 3 aliphatic carbocycles. The molecule has 1 aromatic heterocycles. The van der Waals surface area contributed by atoms with Crippen molar-refractivity contribution >= 4 is 23.3 Å². The van der Waals surface area contributed by atoms with Crippen LogP contribution >= 0.6 is 11.6 Å². The molecule has 9 heteroatoms. The fourth-order valence-electron chi connectivity index (χ4n) is 8.09. The number of carbonyl (C=O) groups is 1. The van der Waals surface area contributed by atoms with Crippen molar-refractivity contribution in [2.75, 3.05) is 5.73 Å². The average Bonchev–Trinajstić information content (AvgIpc) is 3.61. The minimum absolute atomic E-state index is 0.156. The van der Waals surface area contributed by atoms with E-state index in [-0.39, 0.29) is 29.0 Å². The SMILES string of the molecule is Cc1c(C(=O)O)cc(Cc2cc(C(F)(F)F)ccc2Cl)n1CC1CCCCC1.Nc1c([C@@H]2CCCC[C@@H]2O)ccc2c1Cc1ccccc1-2. The van der Waals surface area contributed by atoms with Gasteiger partial charge >= 0.3 is 12.1 Å². The number of carboxylic acids is 1. The van der Waals surface area contributed by atoms with Gasteiger partial charge in [-0.1, -0.05) is 80.1 Å². The molecular formula is C40H44ClF3N2O3. The lowest BCUT2D eigenvalue weighted by Gasteiger charge is -2.29. The van der Waals surface area contributed by atoms with E-state index in [1.807, 2.05) is 4.57 Å². The van der Waals surface area contributed by atoms with Gasteiger partial charge in [0.1, 0.15) is 0 Å². The highest BCUT2D eigenvalue weighted by Gasteiger charge is 2.32. The van der Waals surface area contributed by atoms with Crippen LogP contribution in [0.1, 0.15) is 113 Å². The van der Waals surface area contributed by atoms with Crippen LogP contribution in [0.3, 0.4) is 0 Å². The van der Waals surface area contributed by atoms with Gasteiger partial charge in [-0.05, 0) is 96.2 Å². The fourth-order valence-corrected chi connectivity index (χ4v) is 8.27. The molecule has 1 heterocycles. The fraction of sp³-hybridized carbons (Fsp3) is 0.425. The predicted molar refractivity (Wildman–Crippen MR) is 188 cm³/mol. The number of rotatable bonds is 6. The van der Waals surface area contributed by atoms with Crippen LogP contribution in [-0.4, -0.2) is 26.9 Å². The molecule has 2 atom stereocenters. The van der Waals surface area contributed by atoms with Gasteiger partial charge in [-0.15, -0.1) is 0 Å². The summed E-state index contributed by atoms with van der Waals surface area (Å²) in [6.07, 6.45) is 6.38. The van der Waals surface area contributed by atoms with Gasteiger partial charge in [-0.2, -0.15) is 13.2 Å². The molecular weight excluding hydrogens is 649 g/mol. The second-order valence-electron chi connectivity index (χ2n) is 13.9. The second-order valence-corrected chi connectivity index (χ2v) is 14.3. The van der Waals surface area contributed by atoms with Crippen molar-refractivity contribution in [3.05, 3.63) is 110 Å². The first-order chi connectivity index (χ1) is 23.4. The van der Waals surface area contributed by atoms with E-state index in [9.17, 15) is 28.2 Å². The predicted octanol–water partition coefficient (Wildman–Crippen LogP) is 10.2. The number of aromatic carboxylic acids is 1. The van der Waals surface area contributed by atoms with Gasteiger partial charge in [-0.25, -0.2) is 4.79 Å². The maximum Gasteiger partial charge on any atom is 0.416 e. The Kier molecular flexibility index (Phi) is 10.5. The Morgan fingerprint density at radius 1 is 0.939 bits per heavy atom. The molecule has 0 aliphatic heterocycles. The molecule has 0 saturated heterocycles. The highest BCUT2D eigenvalue weighted by Crippen LogP contribution is 2.44. The maximum atomic E-state index is 13.1. The third-order valence-electron chi connectivity index (χ3n) is 10.8. The van der Waals surface area contributed by atoms with Gasteiger partial charge in [0.25, 0.3) is 0 Å². The Morgan fingerprint density at radius 3 is 2.37 bits per heavy atom. The number of nitrogen functional groups attached to an aromatic ring is 1. The summed E-state index contributed by atoms with van der Waals surface area (Å²) in [5.74, 6) is -0.360. The average molecular weight is 693 g/mol. The summed E-state index contributed by atoms with van der Waals surface area (Å²) in [5, 5.41) is 20.0. The molecule has 49 heavy (non-hydrogen) atoms. The number of alkyl halides is 3. The summed E-state index contributed by atoms with van der Waals surface area (Å²) in [6, 6.07) is 17.7. The van der Waals surface area contributed by atoms with Crippen molar-refractivity contribution in [1.82, 2.24) is 4.57 Å². The number of anilines is 1. The van der Waals surface area contributed by atoms with E-state index in [0.29, 0.717) is 29.4 Å². The molecule has 0 unspecified atom stereocenters. The van der Waals surface area contributed by atoms with Gasteiger partial charge in [0, 0.05) is 47.4 Å². The van der Waals surface area contributed by atoms with Gasteiger partial charge in [0.15, 0.2) is 0 Å². The number of hydrogen-bond donors (Lipinski definition) is 3. The summed E-state index contributed by atoms with van der Waals surface area (Å²) >= 11 is 6.16. The number of halogens is 4. The zero-order chi connectivity index (χ0) is 34.9. The lowest BCUT2D eigenvalue weighted by Crippen LogP contribution is -2.23. The molecule has 0 bridgehead atoms. The Labute approximate surface area is 290 Å². The maximum absolute atomic E-state index is 13.1. The van der Waals surface area contributed by atoms with Gasteiger partial charge in [0.05, 0.1) is 17.2 Å². The molecule has 3 aromatic carbocycles. The molecule has 0 amide bonds. The third-order valence-corrected chi connectivity index (χ3v) is 11.2. The number of nitrogens with zero attached hydrogens (tertiary/aromatic N) is 1. The third kappa shape index (κ3) is 7.56. The number of aromatic nitrogens is 1. The van der Waals surface area contributed by atoms with Crippen LogP contribution in [0.25, 0.3) is 11.1 Å². The number of nitrogens with two attached hydrogens (primary N) is 1. The van der Waals surface area contributed by atoms with Crippen molar-refractivity contribution in [3.8, 4) is 11.1 Å². The molecule has 7 rings (SSSR count). The normalized spacial score (nSPS) is 19.1. The first-order valence-corrected chi connectivity index (χ1v) is 17.8. The summed E-state index contributed by atoms with van der Waals surface area (Å²) in [5.41, 5.74) is 14.9. The topological polar surface area (TPSA) is 88.5 Å². The smallest absolute Gasteiger partial charge is 0.416 e. The van der Waals surface area contributed by atoms with E-state index in [2.05, 4.69) is 36.4 Å². The first-order valence-electron chi connectivity index (χ1n) is 17.4. The zero-order valence-electron chi connectivity index (χ0n) is 27.8. The van der Waals surface area contributed by atoms with Crippen LogP contribution < -0.4 is 5.73 Å². The molecule has 4 N–H and O–H groups in total. The van der Waals surface area contributed by atoms with E-state index >= 15 is 0 Å². The van der Waals surface area contributed by atoms with E-state index in [1.54, 1.807) is 13.0 Å². The number of aliphatic hydroxyl groups is 1.